The van der Waals surface area contributed by atoms with Crippen LogP contribution >= 0.6 is 0 Å². The zero-order chi connectivity index (χ0) is 9.36. The van der Waals surface area contributed by atoms with E-state index in [0.29, 0.717) is 0 Å². The average molecular weight is 183 g/mol. The van der Waals surface area contributed by atoms with Crippen molar-refractivity contribution >= 4 is 0 Å². The lowest BCUT2D eigenvalue weighted by molar-refractivity contribution is -0.0624. The van der Waals surface area contributed by atoms with Crippen LogP contribution in [0.4, 0.5) is 0 Å². The van der Waals surface area contributed by atoms with Gasteiger partial charge in [0.25, 0.3) is 0 Å². The molecule has 0 aromatic carbocycles. The Morgan fingerprint density at radius 2 is 1.23 bits per heavy atom. The maximum atomic E-state index is 10.5. The molecule has 3 N–H and O–H groups in total. The second-order valence-corrected chi connectivity index (χ2v) is 4.96. The molecule has 0 amide bonds. The number of aliphatic hydroxyl groups is 1. The monoisotopic (exact) mass is 183 g/mol. The highest BCUT2D eigenvalue weighted by molar-refractivity contribution is 5.06. The average Bonchev–Trinajstić information content (AvgIpc) is 2.55. The standard InChI is InChI=1S/C11H21NO/c12-10(6-4-5-7-10)11(13)8-2-1-3-9-11/h13H,1-9,12H2. The summed E-state index contributed by atoms with van der Waals surface area (Å²) in [5.74, 6) is 0. The van der Waals surface area contributed by atoms with Crippen LogP contribution in [0, 0.1) is 0 Å². The minimum atomic E-state index is -0.526. The lowest BCUT2D eigenvalue weighted by atomic mass is 9.70. The Balaban J connectivity index is 2.11. The van der Waals surface area contributed by atoms with Gasteiger partial charge >= 0.3 is 0 Å². The van der Waals surface area contributed by atoms with Gasteiger partial charge in [-0.05, 0) is 25.7 Å². The fourth-order valence-corrected chi connectivity index (χ4v) is 3.11. The minimum absolute atomic E-state index is 0.243. The zero-order valence-corrected chi connectivity index (χ0v) is 8.39. The molecule has 0 aromatic rings. The fourth-order valence-electron chi connectivity index (χ4n) is 3.11. The van der Waals surface area contributed by atoms with Gasteiger partial charge in [-0.2, -0.15) is 0 Å². The summed E-state index contributed by atoms with van der Waals surface area (Å²) in [5.41, 5.74) is 5.55. The highest BCUT2D eigenvalue weighted by Gasteiger charge is 2.48. The Hall–Kier alpha value is -0.0800. The first-order chi connectivity index (χ1) is 6.16. The van der Waals surface area contributed by atoms with Crippen molar-refractivity contribution in [1.82, 2.24) is 0 Å². The summed E-state index contributed by atoms with van der Waals surface area (Å²) in [6.07, 6.45) is 9.95. The summed E-state index contributed by atoms with van der Waals surface area (Å²) in [7, 11) is 0. The molecule has 0 saturated heterocycles. The molecule has 0 bridgehead atoms. The highest BCUT2D eigenvalue weighted by atomic mass is 16.3. The van der Waals surface area contributed by atoms with Crippen molar-refractivity contribution in [3.05, 3.63) is 0 Å². The summed E-state index contributed by atoms with van der Waals surface area (Å²) >= 11 is 0. The second kappa shape index (κ2) is 3.25. The van der Waals surface area contributed by atoms with Crippen molar-refractivity contribution in [2.45, 2.75) is 68.9 Å². The first-order valence-electron chi connectivity index (χ1n) is 5.68. The molecule has 0 heterocycles. The summed E-state index contributed by atoms with van der Waals surface area (Å²) in [4.78, 5) is 0. The van der Waals surface area contributed by atoms with E-state index in [-0.39, 0.29) is 5.54 Å². The van der Waals surface area contributed by atoms with Crippen LogP contribution in [0.3, 0.4) is 0 Å². The third-order valence-electron chi connectivity index (χ3n) is 4.10. The van der Waals surface area contributed by atoms with E-state index in [0.717, 1.165) is 38.5 Å². The predicted octanol–water partition coefficient (Wildman–Crippen LogP) is 1.95. The van der Waals surface area contributed by atoms with Gasteiger partial charge in [0, 0.05) is 5.54 Å². The molecule has 0 spiro atoms. The van der Waals surface area contributed by atoms with E-state index in [2.05, 4.69) is 0 Å². The molecule has 2 fully saturated rings. The molecule has 13 heavy (non-hydrogen) atoms. The minimum Gasteiger partial charge on any atom is -0.388 e. The van der Waals surface area contributed by atoms with Crippen molar-refractivity contribution < 1.29 is 5.11 Å². The van der Waals surface area contributed by atoms with E-state index in [4.69, 9.17) is 5.73 Å². The number of nitrogens with two attached hydrogens (primary N) is 1. The molecule has 0 atom stereocenters. The van der Waals surface area contributed by atoms with Gasteiger partial charge in [0.05, 0.1) is 5.60 Å². The Morgan fingerprint density at radius 3 is 1.77 bits per heavy atom. The first kappa shape index (κ1) is 9.47. The Labute approximate surface area is 80.5 Å². The van der Waals surface area contributed by atoms with Crippen LogP contribution in [0.1, 0.15) is 57.8 Å². The third kappa shape index (κ3) is 1.50. The fraction of sp³-hybridized carbons (Fsp3) is 1.00. The quantitative estimate of drug-likeness (QED) is 0.652. The summed E-state index contributed by atoms with van der Waals surface area (Å²) in [6, 6.07) is 0. The van der Waals surface area contributed by atoms with E-state index in [1.54, 1.807) is 0 Å². The molecule has 76 valence electrons. The van der Waals surface area contributed by atoms with E-state index in [9.17, 15) is 5.11 Å². The normalized spacial score (nSPS) is 31.8. The molecule has 2 rings (SSSR count). The summed E-state index contributed by atoms with van der Waals surface area (Å²) < 4.78 is 0. The van der Waals surface area contributed by atoms with Gasteiger partial charge in [0.2, 0.25) is 0 Å². The van der Waals surface area contributed by atoms with Crippen LogP contribution in [-0.4, -0.2) is 16.2 Å². The summed E-state index contributed by atoms with van der Waals surface area (Å²) in [6.45, 7) is 0. The maximum Gasteiger partial charge on any atom is 0.0826 e. The van der Waals surface area contributed by atoms with Crippen LogP contribution in [-0.2, 0) is 0 Å². The van der Waals surface area contributed by atoms with Gasteiger partial charge < -0.3 is 10.8 Å². The number of rotatable bonds is 1. The smallest absolute Gasteiger partial charge is 0.0826 e. The van der Waals surface area contributed by atoms with Crippen LogP contribution < -0.4 is 5.73 Å². The molecule has 2 saturated carbocycles. The highest BCUT2D eigenvalue weighted by Crippen LogP contribution is 2.43. The molecule has 0 aromatic heterocycles. The van der Waals surface area contributed by atoms with Crippen LogP contribution in [0.25, 0.3) is 0 Å². The molecule has 0 radical (unpaired) electrons. The SMILES string of the molecule is NC1(C2(O)CCCCC2)CCCC1. The summed E-state index contributed by atoms with van der Waals surface area (Å²) in [5, 5.41) is 10.5. The maximum absolute atomic E-state index is 10.5. The molecular weight excluding hydrogens is 162 g/mol. The van der Waals surface area contributed by atoms with Gasteiger partial charge in [-0.25, -0.2) is 0 Å². The van der Waals surface area contributed by atoms with E-state index in [1.807, 2.05) is 0 Å². The molecule has 0 unspecified atom stereocenters. The Kier molecular flexibility index (Phi) is 2.37. The zero-order valence-electron chi connectivity index (χ0n) is 8.39. The lowest BCUT2D eigenvalue weighted by Gasteiger charge is -2.45. The van der Waals surface area contributed by atoms with Crippen molar-refractivity contribution in [2.24, 2.45) is 5.73 Å². The number of hydrogen-bond acceptors (Lipinski definition) is 2. The van der Waals surface area contributed by atoms with Crippen molar-refractivity contribution in [3.63, 3.8) is 0 Å². The van der Waals surface area contributed by atoms with Gasteiger partial charge in [-0.3, -0.25) is 0 Å². The first-order valence-corrected chi connectivity index (χ1v) is 5.68. The Morgan fingerprint density at radius 1 is 0.769 bits per heavy atom. The molecule has 0 aliphatic heterocycles. The van der Waals surface area contributed by atoms with Gasteiger partial charge in [-0.15, -0.1) is 0 Å². The molecular formula is C11H21NO. The topological polar surface area (TPSA) is 46.2 Å². The molecule has 2 heteroatoms. The van der Waals surface area contributed by atoms with E-state index < -0.39 is 5.60 Å². The Bertz CT molecular complexity index is 179. The van der Waals surface area contributed by atoms with Crippen LogP contribution in [0.2, 0.25) is 0 Å². The van der Waals surface area contributed by atoms with Gasteiger partial charge in [-0.1, -0.05) is 32.1 Å². The van der Waals surface area contributed by atoms with Crippen LogP contribution in [0.15, 0.2) is 0 Å². The third-order valence-corrected chi connectivity index (χ3v) is 4.10. The van der Waals surface area contributed by atoms with Crippen molar-refractivity contribution in [3.8, 4) is 0 Å². The predicted molar refractivity (Wildman–Crippen MR) is 53.4 cm³/mol. The van der Waals surface area contributed by atoms with E-state index >= 15 is 0 Å². The number of hydrogen-bond donors (Lipinski definition) is 2. The lowest BCUT2D eigenvalue weighted by Crippen LogP contribution is -2.59. The second-order valence-electron chi connectivity index (χ2n) is 4.96. The van der Waals surface area contributed by atoms with Crippen molar-refractivity contribution in [1.29, 1.82) is 0 Å². The molecule has 2 aliphatic rings. The molecule has 2 nitrogen and oxygen atoms in total. The molecule has 2 aliphatic carbocycles. The van der Waals surface area contributed by atoms with E-state index in [1.165, 1.54) is 19.3 Å². The van der Waals surface area contributed by atoms with Crippen molar-refractivity contribution in [2.75, 3.05) is 0 Å². The largest absolute Gasteiger partial charge is 0.388 e. The van der Waals surface area contributed by atoms with Crippen LogP contribution in [0.5, 0.6) is 0 Å². The van der Waals surface area contributed by atoms with Gasteiger partial charge in [0.1, 0.15) is 0 Å². The van der Waals surface area contributed by atoms with Gasteiger partial charge in [0.15, 0.2) is 0 Å².